The topological polar surface area (TPSA) is 68.4 Å². The highest BCUT2D eigenvalue weighted by Gasteiger charge is 2.17. The molecule has 1 saturated heterocycles. The summed E-state index contributed by atoms with van der Waals surface area (Å²) in [5.41, 5.74) is 0.662. The molecule has 19 heavy (non-hydrogen) atoms. The molecule has 0 amide bonds. The molecule has 0 spiro atoms. The second-order valence-corrected chi connectivity index (χ2v) is 4.73. The van der Waals surface area contributed by atoms with E-state index in [2.05, 4.69) is 4.98 Å². The highest BCUT2D eigenvalue weighted by Crippen LogP contribution is 2.19. The van der Waals surface area contributed by atoms with E-state index < -0.39 is 11.5 Å². The Morgan fingerprint density at radius 3 is 2.89 bits per heavy atom. The van der Waals surface area contributed by atoms with E-state index in [9.17, 15) is 9.59 Å². The van der Waals surface area contributed by atoms with Gasteiger partial charge < -0.3 is 14.5 Å². The Balaban J connectivity index is 2.11. The Bertz CT molecular complexity index is 488. The zero-order valence-electron chi connectivity index (χ0n) is 11.1. The number of hydrogen-bond acceptors (Lipinski definition) is 4. The number of aromatic amines is 1. The number of aromatic nitrogens is 1. The molecule has 1 N–H and O–H groups in total. The van der Waals surface area contributed by atoms with E-state index in [0.29, 0.717) is 5.92 Å². The van der Waals surface area contributed by atoms with Gasteiger partial charge in [0, 0.05) is 19.4 Å². The quantitative estimate of drug-likeness (QED) is 0.838. The molecular formula is C14H19NO4. The van der Waals surface area contributed by atoms with Crippen LogP contribution in [0.3, 0.4) is 0 Å². The molecule has 1 aromatic rings. The lowest BCUT2D eigenvalue weighted by atomic mass is 9.93. The molecule has 0 radical (unpaired) electrons. The van der Waals surface area contributed by atoms with Crippen LogP contribution in [-0.2, 0) is 15.9 Å². The smallest absolute Gasteiger partial charge is 0.343 e. The van der Waals surface area contributed by atoms with Crippen LogP contribution in [0.25, 0.3) is 0 Å². The molecular weight excluding hydrogens is 246 g/mol. The fraction of sp³-hybridized carbons (Fsp3) is 0.571. The summed E-state index contributed by atoms with van der Waals surface area (Å²) in [4.78, 5) is 25.9. The molecule has 0 atom stereocenters. The van der Waals surface area contributed by atoms with Crippen molar-refractivity contribution in [3.8, 4) is 0 Å². The first-order valence-electron chi connectivity index (χ1n) is 6.67. The van der Waals surface area contributed by atoms with Crippen LogP contribution in [0.1, 0.15) is 35.7 Å². The summed E-state index contributed by atoms with van der Waals surface area (Å²) in [6.07, 6.45) is 4.58. The highest BCUT2D eigenvalue weighted by atomic mass is 16.5. The molecule has 0 unspecified atom stereocenters. The van der Waals surface area contributed by atoms with Gasteiger partial charge in [-0.3, -0.25) is 4.79 Å². The van der Waals surface area contributed by atoms with Crippen LogP contribution in [-0.4, -0.2) is 30.8 Å². The zero-order chi connectivity index (χ0) is 13.7. The maximum atomic E-state index is 11.6. The monoisotopic (exact) mass is 265 g/mol. The molecule has 1 aliphatic heterocycles. The third kappa shape index (κ3) is 3.67. The lowest BCUT2D eigenvalue weighted by molar-refractivity contribution is 0.0523. The van der Waals surface area contributed by atoms with E-state index in [0.717, 1.165) is 38.0 Å². The average molecular weight is 265 g/mol. The summed E-state index contributed by atoms with van der Waals surface area (Å²) in [7, 11) is 0. The summed E-state index contributed by atoms with van der Waals surface area (Å²) in [6.45, 7) is 3.57. The number of H-pyrrole nitrogens is 1. The van der Waals surface area contributed by atoms with Crippen molar-refractivity contribution in [2.45, 2.75) is 26.2 Å². The lowest BCUT2D eigenvalue weighted by Crippen LogP contribution is -2.22. The number of hydrogen-bond donors (Lipinski definition) is 1. The number of ether oxygens (including phenoxy) is 2. The van der Waals surface area contributed by atoms with E-state index in [4.69, 9.17) is 9.47 Å². The number of esters is 1. The number of carbonyl (C=O) groups is 1. The maximum absolute atomic E-state index is 11.6. The van der Waals surface area contributed by atoms with Crippen molar-refractivity contribution in [1.29, 1.82) is 0 Å². The molecule has 1 aromatic heterocycles. The van der Waals surface area contributed by atoms with Crippen molar-refractivity contribution in [1.82, 2.24) is 4.98 Å². The second-order valence-electron chi connectivity index (χ2n) is 4.73. The number of pyridine rings is 1. The number of rotatable bonds is 4. The number of carbonyl (C=O) groups excluding carboxylic acids is 1. The third-order valence-electron chi connectivity index (χ3n) is 3.32. The Hall–Kier alpha value is -1.62. The van der Waals surface area contributed by atoms with Crippen LogP contribution in [0, 0.1) is 5.92 Å². The first kappa shape index (κ1) is 13.8. The molecule has 0 aliphatic carbocycles. The van der Waals surface area contributed by atoms with Crippen LogP contribution >= 0.6 is 0 Å². The van der Waals surface area contributed by atoms with Gasteiger partial charge in [-0.05, 0) is 43.7 Å². The molecule has 0 saturated carbocycles. The summed E-state index contributed by atoms with van der Waals surface area (Å²) in [5, 5.41) is 0. The minimum Gasteiger partial charge on any atom is -0.462 e. The SMILES string of the molecule is CCOC(=O)c1cc(CC2CCOCC2)c[nH]c1=O. The maximum Gasteiger partial charge on any atom is 0.343 e. The first-order chi connectivity index (χ1) is 9.20. The van der Waals surface area contributed by atoms with Crippen molar-refractivity contribution in [3.05, 3.63) is 33.7 Å². The van der Waals surface area contributed by atoms with Gasteiger partial charge in [0.2, 0.25) is 0 Å². The second kappa shape index (κ2) is 6.52. The summed E-state index contributed by atoms with van der Waals surface area (Å²) >= 11 is 0. The Morgan fingerprint density at radius 2 is 2.21 bits per heavy atom. The van der Waals surface area contributed by atoms with E-state index in [1.165, 1.54) is 0 Å². The van der Waals surface area contributed by atoms with Crippen LogP contribution in [0.15, 0.2) is 17.1 Å². The van der Waals surface area contributed by atoms with Gasteiger partial charge in [-0.2, -0.15) is 0 Å². The molecule has 1 fully saturated rings. The molecule has 5 nitrogen and oxygen atoms in total. The molecule has 0 aromatic carbocycles. The van der Waals surface area contributed by atoms with Crippen LogP contribution in [0.2, 0.25) is 0 Å². The minimum absolute atomic E-state index is 0.0893. The minimum atomic E-state index is -0.558. The van der Waals surface area contributed by atoms with Gasteiger partial charge in [-0.1, -0.05) is 0 Å². The van der Waals surface area contributed by atoms with Crippen LogP contribution in [0.5, 0.6) is 0 Å². The Morgan fingerprint density at radius 1 is 1.47 bits per heavy atom. The molecule has 2 rings (SSSR count). The summed E-state index contributed by atoms with van der Waals surface area (Å²) in [6, 6.07) is 1.65. The fourth-order valence-electron chi connectivity index (χ4n) is 2.29. The van der Waals surface area contributed by atoms with Gasteiger partial charge in [0.15, 0.2) is 0 Å². The third-order valence-corrected chi connectivity index (χ3v) is 3.32. The van der Waals surface area contributed by atoms with Crippen molar-refractivity contribution in [3.63, 3.8) is 0 Å². The van der Waals surface area contributed by atoms with Gasteiger partial charge >= 0.3 is 5.97 Å². The van der Waals surface area contributed by atoms with Gasteiger partial charge in [0.05, 0.1) is 6.61 Å². The molecule has 0 bridgehead atoms. The Labute approximate surface area is 111 Å². The largest absolute Gasteiger partial charge is 0.462 e. The van der Waals surface area contributed by atoms with E-state index in [1.807, 2.05) is 0 Å². The summed E-state index contributed by atoms with van der Waals surface area (Å²) in [5.74, 6) is -0.00715. The van der Waals surface area contributed by atoms with E-state index >= 15 is 0 Å². The van der Waals surface area contributed by atoms with Gasteiger partial charge in [-0.15, -0.1) is 0 Å². The molecule has 5 heteroatoms. The Kier molecular flexibility index (Phi) is 4.74. The summed E-state index contributed by atoms with van der Waals surface area (Å²) < 4.78 is 10.2. The van der Waals surface area contributed by atoms with Gasteiger partial charge in [0.25, 0.3) is 5.56 Å². The van der Waals surface area contributed by atoms with Crippen LogP contribution < -0.4 is 5.56 Å². The fourth-order valence-corrected chi connectivity index (χ4v) is 2.29. The van der Waals surface area contributed by atoms with E-state index in [-0.39, 0.29) is 12.2 Å². The van der Waals surface area contributed by atoms with Gasteiger partial charge in [0.1, 0.15) is 5.56 Å². The van der Waals surface area contributed by atoms with Crippen molar-refractivity contribution in [2.24, 2.45) is 5.92 Å². The average Bonchev–Trinajstić information content (AvgIpc) is 2.42. The first-order valence-corrected chi connectivity index (χ1v) is 6.67. The highest BCUT2D eigenvalue weighted by molar-refractivity contribution is 5.89. The molecule has 1 aliphatic rings. The van der Waals surface area contributed by atoms with Crippen molar-refractivity contribution >= 4 is 5.97 Å². The molecule has 104 valence electrons. The standard InChI is InChI=1S/C14H19NO4/c1-2-19-14(17)12-8-11(9-15-13(12)16)7-10-3-5-18-6-4-10/h8-10H,2-7H2,1H3,(H,15,16). The predicted molar refractivity (Wildman–Crippen MR) is 70.3 cm³/mol. The van der Waals surface area contributed by atoms with Crippen LogP contribution in [0.4, 0.5) is 0 Å². The van der Waals surface area contributed by atoms with Crippen molar-refractivity contribution in [2.75, 3.05) is 19.8 Å². The number of nitrogens with one attached hydrogen (secondary N) is 1. The van der Waals surface area contributed by atoms with E-state index in [1.54, 1.807) is 19.2 Å². The van der Waals surface area contributed by atoms with Gasteiger partial charge in [-0.25, -0.2) is 4.79 Å². The predicted octanol–water partition coefficient (Wildman–Crippen LogP) is 1.52. The zero-order valence-corrected chi connectivity index (χ0v) is 11.1. The lowest BCUT2D eigenvalue weighted by Gasteiger charge is -2.21. The normalized spacial score (nSPS) is 16.3. The molecule has 2 heterocycles. The van der Waals surface area contributed by atoms with Crippen molar-refractivity contribution < 1.29 is 14.3 Å².